The molecule has 0 aliphatic heterocycles. The molecule has 0 aliphatic carbocycles. The Morgan fingerprint density at radius 2 is 1.59 bits per heavy atom. The van der Waals surface area contributed by atoms with Gasteiger partial charge in [-0.2, -0.15) is 13.2 Å². The third-order valence-electron chi connectivity index (χ3n) is 3.55. The number of benzene rings is 2. The van der Waals surface area contributed by atoms with E-state index in [-0.39, 0.29) is 18.2 Å². The average molecular weight is 309 g/mol. The fourth-order valence-electron chi connectivity index (χ4n) is 2.27. The normalized spacial score (nSPS) is 14.6. The molecular formula is C17H18F3NO. The number of rotatable bonds is 5. The molecule has 0 fully saturated rings. The van der Waals surface area contributed by atoms with Crippen molar-refractivity contribution in [3.63, 3.8) is 0 Å². The van der Waals surface area contributed by atoms with Crippen molar-refractivity contribution in [1.29, 1.82) is 0 Å². The smallest absolute Gasteiger partial charge is 0.387 e. The van der Waals surface area contributed by atoms with Crippen LogP contribution in [0.2, 0.25) is 0 Å². The van der Waals surface area contributed by atoms with Crippen LogP contribution >= 0.6 is 0 Å². The highest BCUT2D eigenvalue weighted by Gasteiger charge is 2.32. The third kappa shape index (κ3) is 4.08. The first-order valence-corrected chi connectivity index (χ1v) is 7.01. The molecule has 2 N–H and O–H groups in total. The first-order chi connectivity index (χ1) is 10.4. The van der Waals surface area contributed by atoms with Crippen molar-refractivity contribution in [2.24, 2.45) is 0 Å². The maximum absolute atomic E-state index is 12.9. The summed E-state index contributed by atoms with van der Waals surface area (Å²) in [6.45, 7) is 1.79. The molecule has 118 valence electrons. The molecule has 2 rings (SSSR count). The summed E-state index contributed by atoms with van der Waals surface area (Å²) in [6.07, 6.45) is -5.15. The molecule has 0 radical (unpaired) electrons. The third-order valence-corrected chi connectivity index (χ3v) is 3.55. The van der Waals surface area contributed by atoms with E-state index in [4.69, 9.17) is 0 Å². The molecule has 0 amide bonds. The summed E-state index contributed by atoms with van der Waals surface area (Å²) in [5.74, 6) is 0. The lowest BCUT2D eigenvalue weighted by Crippen LogP contribution is -2.32. The van der Waals surface area contributed by atoms with Gasteiger partial charge in [0.05, 0.1) is 11.7 Å². The van der Waals surface area contributed by atoms with Gasteiger partial charge in [-0.15, -0.1) is 0 Å². The van der Waals surface area contributed by atoms with E-state index in [1.165, 1.54) is 12.1 Å². The average Bonchev–Trinajstić information content (AvgIpc) is 2.52. The molecule has 2 nitrogen and oxygen atoms in total. The van der Waals surface area contributed by atoms with Gasteiger partial charge >= 0.3 is 6.18 Å². The minimum Gasteiger partial charge on any atom is -0.387 e. The Balaban J connectivity index is 2.04. The number of aliphatic hydroxyl groups is 1. The van der Waals surface area contributed by atoms with Crippen molar-refractivity contribution in [1.82, 2.24) is 5.32 Å². The predicted molar refractivity (Wildman–Crippen MR) is 79.1 cm³/mol. The fraction of sp³-hybridized carbons (Fsp3) is 0.294. The molecule has 0 saturated carbocycles. The van der Waals surface area contributed by atoms with Crippen molar-refractivity contribution in [2.45, 2.75) is 31.8 Å². The Bertz CT molecular complexity index is 598. The molecule has 0 unspecified atom stereocenters. The Kier molecular flexibility index (Phi) is 5.21. The molecule has 5 heteroatoms. The maximum Gasteiger partial charge on any atom is 0.416 e. The second-order valence-corrected chi connectivity index (χ2v) is 5.18. The molecule has 2 aromatic carbocycles. The largest absolute Gasteiger partial charge is 0.416 e. The molecule has 0 aliphatic rings. The number of hydrogen-bond donors (Lipinski definition) is 2. The van der Waals surface area contributed by atoms with Crippen LogP contribution in [0.5, 0.6) is 0 Å². The highest BCUT2D eigenvalue weighted by Crippen LogP contribution is 2.31. The predicted octanol–water partition coefficient (Wildman–Crippen LogP) is 3.92. The highest BCUT2D eigenvalue weighted by molar-refractivity contribution is 5.29. The lowest BCUT2D eigenvalue weighted by Gasteiger charge is -2.22. The lowest BCUT2D eigenvalue weighted by atomic mass is 10.0. The Labute approximate surface area is 127 Å². The van der Waals surface area contributed by atoms with Crippen molar-refractivity contribution in [3.05, 3.63) is 71.3 Å². The molecule has 0 bridgehead atoms. The second kappa shape index (κ2) is 6.94. The Hall–Kier alpha value is -1.85. The maximum atomic E-state index is 12.9. The van der Waals surface area contributed by atoms with Gasteiger partial charge in [0, 0.05) is 12.6 Å². The first kappa shape index (κ1) is 16.5. The van der Waals surface area contributed by atoms with Crippen LogP contribution in [-0.2, 0) is 12.7 Å². The number of nitrogens with one attached hydrogen (secondary N) is 1. The van der Waals surface area contributed by atoms with Crippen LogP contribution in [0.1, 0.15) is 29.7 Å². The van der Waals surface area contributed by atoms with E-state index in [0.717, 1.165) is 11.6 Å². The zero-order chi connectivity index (χ0) is 16.2. The Morgan fingerprint density at radius 3 is 2.23 bits per heavy atom. The van der Waals surface area contributed by atoms with Crippen LogP contribution < -0.4 is 5.32 Å². The molecule has 0 heterocycles. The Morgan fingerprint density at radius 1 is 1.00 bits per heavy atom. The number of hydrogen-bond acceptors (Lipinski definition) is 2. The minimum atomic E-state index is -4.38. The summed E-state index contributed by atoms with van der Waals surface area (Å²) >= 11 is 0. The van der Waals surface area contributed by atoms with Gasteiger partial charge in [-0.1, -0.05) is 48.5 Å². The van der Waals surface area contributed by atoms with E-state index < -0.39 is 17.8 Å². The number of alkyl halides is 3. The van der Waals surface area contributed by atoms with Gasteiger partial charge in [0.1, 0.15) is 0 Å². The summed E-state index contributed by atoms with van der Waals surface area (Å²) < 4.78 is 38.8. The van der Waals surface area contributed by atoms with Crippen molar-refractivity contribution >= 4 is 0 Å². The van der Waals surface area contributed by atoms with Crippen molar-refractivity contribution in [3.8, 4) is 0 Å². The number of halogens is 3. The van der Waals surface area contributed by atoms with Gasteiger partial charge in [-0.25, -0.2) is 0 Å². The van der Waals surface area contributed by atoms with Gasteiger partial charge in [-0.3, -0.25) is 0 Å². The monoisotopic (exact) mass is 309 g/mol. The molecule has 0 spiro atoms. The SMILES string of the molecule is C[C@H](NCc1ccccc1C(F)(F)F)[C@@H](O)c1ccccc1. The van der Waals surface area contributed by atoms with E-state index in [1.807, 2.05) is 18.2 Å². The van der Waals surface area contributed by atoms with Gasteiger partial charge in [0.15, 0.2) is 0 Å². The van der Waals surface area contributed by atoms with Crippen LogP contribution in [0.3, 0.4) is 0 Å². The van der Waals surface area contributed by atoms with Crippen LogP contribution in [0.15, 0.2) is 54.6 Å². The van der Waals surface area contributed by atoms with E-state index >= 15 is 0 Å². The molecule has 2 atom stereocenters. The van der Waals surface area contributed by atoms with E-state index in [9.17, 15) is 18.3 Å². The molecule has 0 aromatic heterocycles. The molecule has 2 aromatic rings. The lowest BCUT2D eigenvalue weighted by molar-refractivity contribution is -0.138. The topological polar surface area (TPSA) is 32.3 Å². The zero-order valence-corrected chi connectivity index (χ0v) is 12.1. The number of aliphatic hydroxyl groups excluding tert-OH is 1. The molecule has 0 saturated heterocycles. The van der Waals surface area contributed by atoms with Crippen LogP contribution in [0, 0.1) is 0 Å². The summed E-state index contributed by atoms with van der Waals surface area (Å²) in [5, 5.41) is 13.2. The first-order valence-electron chi connectivity index (χ1n) is 7.01. The van der Waals surface area contributed by atoms with Gasteiger partial charge < -0.3 is 10.4 Å². The zero-order valence-electron chi connectivity index (χ0n) is 12.1. The van der Waals surface area contributed by atoms with Crippen LogP contribution in [-0.4, -0.2) is 11.1 Å². The molecular weight excluding hydrogens is 291 g/mol. The van der Waals surface area contributed by atoms with Crippen LogP contribution in [0.4, 0.5) is 13.2 Å². The second-order valence-electron chi connectivity index (χ2n) is 5.18. The van der Waals surface area contributed by atoms with Gasteiger partial charge in [-0.05, 0) is 24.1 Å². The summed E-state index contributed by atoms with van der Waals surface area (Å²) in [4.78, 5) is 0. The fourth-order valence-corrected chi connectivity index (χ4v) is 2.27. The summed E-state index contributed by atoms with van der Waals surface area (Å²) in [5.41, 5.74) is 0.248. The van der Waals surface area contributed by atoms with E-state index in [1.54, 1.807) is 25.1 Å². The van der Waals surface area contributed by atoms with E-state index in [2.05, 4.69) is 5.32 Å². The van der Waals surface area contributed by atoms with Crippen LogP contribution in [0.25, 0.3) is 0 Å². The standard InChI is InChI=1S/C17H18F3NO/c1-12(16(22)13-7-3-2-4-8-13)21-11-14-9-5-6-10-15(14)17(18,19)20/h2-10,12,16,21-22H,11H2,1H3/t12-,16+/m0/s1. The van der Waals surface area contributed by atoms with Gasteiger partial charge in [0.25, 0.3) is 0 Å². The quantitative estimate of drug-likeness (QED) is 0.877. The van der Waals surface area contributed by atoms with E-state index in [0.29, 0.717) is 0 Å². The van der Waals surface area contributed by atoms with Crippen molar-refractivity contribution < 1.29 is 18.3 Å². The summed E-state index contributed by atoms with van der Waals surface area (Å²) in [7, 11) is 0. The van der Waals surface area contributed by atoms with Gasteiger partial charge in [0.2, 0.25) is 0 Å². The minimum absolute atomic E-state index is 0.0424. The summed E-state index contributed by atoms with van der Waals surface area (Å²) in [6, 6.07) is 14.1. The highest BCUT2D eigenvalue weighted by atomic mass is 19.4. The van der Waals surface area contributed by atoms with Crippen molar-refractivity contribution in [2.75, 3.05) is 0 Å². The molecule has 22 heavy (non-hydrogen) atoms.